The first-order valence-corrected chi connectivity index (χ1v) is 8.18. The smallest absolute Gasteiger partial charge is 0.255 e. The van der Waals surface area contributed by atoms with Crippen molar-refractivity contribution in [3.05, 3.63) is 65.9 Å². The van der Waals surface area contributed by atoms with Gasteiger partial charge in [-0.05, 0) is 54.7 Å². The molecule has 0 radical (unpaired) electrons. The number of pyridine rings is 1. The Morgan fingerprint density at radius 1 is 1.25 bits per heavy atom. The van der Waals surface area contributed by atoms with Gasteiger partial charge in [0.2, 0.25) is 0 Å². The molecule has 1 N–H and O–H groups in total. The molecule has 3 heterocycles. The summed E-state index contributed by atoms with van der Waals surface area (Å²) < 4.78 is 13.5. The Kier molecular flexibility index (Phi) is 3.76. The van der Waals surface area contributed by atoms with Crippen molar-refractivity contribution in [3.63, 3.8) is 0 Å². The molecule has 0 saturated carbocycles. The fourth-order valence-corrected chi connectivity index (χ4v) is 3.52. The SMILES string of the molecule is O=C(c1cccnc1)N1CCC(c2c[nH]c3ccc(F)cc23)CC1. The van der Waals surface area contributed by atoms with Crippen LogP contribution in [0.2, 0.25) is 0 Å². The predicted molar refractivity (Wildman–Crippen MR) is 90.4 cm³/mol. The van der Waals surface area contributed by atoms with E-state index in [2.05, 4.69) is 9.97 Å². The lowest BCUT2D eigenvalue weighted by molar-refractivity contribution is 0.0713. The average molecular weight is 323 g/mol. The fourth-order valence-electron chi connectivity index (χ4n) is 3.52. The molecule has 122 valence electrons. The number of H-pyrrole nitrogens is 1. The first-order chi connectivity index (χ1) is 11.7. The van der Waals surface area contributed by atoms with E-state index in [1.54, 1.807) is 36.7 Å². The van der Waals surface area contributed by atoms with Crippen LogP contribution in [-0.2, 0) is 0 Å². The third kappa shape index (κ3) is 2.66. The lowest BCUT2D eigenvalue weighted by Crippen LogP contribution is -2.37. The highest BCUT2D eigenvalue weighted by Crippen LogP contribution is 2.33. The zero-order chi connectivity index (χ0) is 16.5. The standard InChI is InChI=1S/C19H18FN3O/c20-15-3-4-18-16(10-15)17(12-22-18)13-5-8-23(9-6-13)19(24)14-2-1-7-21-11-14/h1-4,7,10-13,22H,5-6,8-9H2. The van der Waals surface area contributed by atoms with Gasteiger partial charge in [0.15, 0.2) is 0 Å². The van der Waals surface area contributed by atoms with Crippen molar-refractivity contribution in [1.82, 2.24) is 14.9 Å². The Bertz CT molecular complexity index is 867. The van der Waals surface area contributed by atoms with Gasteiger partial charge in [0.25, 0.3) is 5.91 Å². The largest absolute Gasteiger partial charge is 0.361 e. The third-order valence-corrected chi connectivity index (χ3v) is 4.81. The van der Waals surface area contributed by atoms with Crippen LogP contribution in [0.1, 0.15) is 34.7 Å². The Morgan fingerprint density at radius 2 is 2.08 bits per heavy atom. The van der Waals surface area contributed by atoms with Gasteiger partial charge >= 0.3 is 0 Å². The van der Waals surface area contributed by atoms with Crippen molar-refractivity contribution in [1.29, 1.82) is 0 Å². The Labute approximate surface area is 139 Å². The van der Waals surface area contributed by atoms with Crippen molar-refractivity contribution < 1.29 is 9.18 Å². The average Bonchev–Trinajstić information content (AvgIpc) is 3.05. The summed E-state index contributed by atoms with van der Waals surface area (Å²) in [7, 11) is 0. The number of halogens is 1. The molecule has 1 aliphatic heterocycles. The van der Waals surface area contributed by atoms with Crippen LogP contribution in [0.15, 0.2) is 48.9 Å². The van der Waals surface area contributed by atoms with E-state index in [4.69, 9.17) is 0 Å². The number of hydrogen-bond donors (Lipinski definition) is 1. The monoisotopic (exact) mass is 323 g/mol. The number of fused-ring (bicyclic) bond motifs is 1. The molecule has 0 atom stereocenters. The number of rotatable bonds is 2. The molecule has 3 aromatic rings. The number of nitrogens with zero attached hydrogens (tertiary/aromatic N) is 2. The van der Waals surface area contributed by atoms with Crippen LogP contribution in [0.25, 0.3) is 10.9 Å². The quantitative estimate of drug-likeness (QED) is 0.781. The molecule has 2 aromatic heterocycles. The first kappa shape index (κ1) is 14.9. The molecular formula is C19H18FN3O. The number of likely N-dealkylation sites (tertiary alicyclic amines) is 1. The van der Waals surface area contributed by atoms with E-state index >= 15 is 0 Å². The summed E-state index contributed by atoms with van der Waals surface area (Å²) in [6.45, 7) is 1.42. The van der Waals surface area contributed by atoms with Gasteiger partial charge in [-0.2, -0.15) is 0 Å². The molecule has 5 heteroatoms. The number of carbonyl (C=O) groups excluding carboxylic acids is 1. The highest BCUT2D eigenvalue weighted by atomic mass is 19.1. The van der Waals surface area contributed by atoms with Gasteiger partial charge in [0.1, 0.15) is 5.82 Å². The number of hydrogen-bond acceptors (Lipinski definition) is 2. The molecule has 0 aliphatic carbocycles. The van der Waals surface area contributed by atoms with Gasteiger partial charge in [0, 0.05) is 42.6 Å². The second kappa shape index (κ2) is 6.07. The molecule has 1 aromatic carbocycles. The zero-order valence-electron chi connectivity index (χ0n) is 13.2. The molecule has 4 rings (SSSR count). The number of amides is 1. The van der Waals surface area contributed by atoms with Crippen molar-refractivity contribution in [2.24, 2.45) is 0 Å². The van der Waals surface area contributed by atoms with Crippen LogP contribution in [0.3, 0.4) is 0 Å². The van der Waals surface area contributed by atoms with Gasteiger partial charge < -0.3 is 9.88 Å². The maximum absolute atomic E-state index is 13.5. The third-order valence-electron chi connectivity index (χ3n) is 4.81. The predicted octanol–water partition coefficient (Wildman–Crippen LogP) is 3.72. The molecule has 0 spiro atoms. The second-order valence-electron chi connectivity index (χ2n) is 6.24. The minimum atomic E-state index is -0.215. The van der Waals surface area contributed by atoms with Gasteiger partial charge in [-0.25, -0.2) is 4.39 Å². The van der Waals surface area contributed by atoms with Crippen LogP contribution >= 0.6 is 0 Å². The molecule has 24 heavy (non-hydrogen) atoms. The van der Waals surface area contributed by atoms with E-state index in [0.29, 0.717) is 24.6 Å². The van der Waals surface area contributed by atoms with Crippen LogP contribution in [0.4, 0.5) is 4.39 Å². The summed E-state index contributed by atoms with van der Waals surface area (Å²) in [4.78, 5) is 21.6. The summed E-state index contributed by atoms with van der Waals surface area (Å²) in [5, 5.41) is 0.951. The highest BCUT2D eigenvalue weighted by Gasteiger charge is 2.26. The van der Waals surface area contributed by atoms with E-state index in [1.165, 1.54) is 6.07 Å². The van der Waals surface area contributed by atoms with Crippen LogP contribution in [0.5, 0.6) is 0 Å². The van der Waals surface area contributed by atoms with E-state index in [0.717, 1.165) is 29.3 Å². The topological polar surface area (TPSA) is 49.0 Å². The molecule has 1 amide bonds. The van der Waals surface area contributed by atoms with Crippen molar-refractivity contribution in [3.8, 4) is 0 Å². The maximum atomic E-state index is 13.5. The van der Waals surface area contributed by atoms with Gasteiger partial charge in [-0.1, -0.05) is 0 Å². The van der Waals surface area contributed by atoms with E-state index in [9.17, 15) is 9.18 Å². The number of benzene rings is 1. The number of piperidine rings is 1. The van der Waals surface area contributed by atoms with Crippen LogP contribution in [-0.4, -0.2) is 33.9 Å². The van der Waals surface area contributed by atoms with Crippen molar-refractivity contribution >= 4 is 16.8 Å². The zero-order valence-corrected chi connectivity index (χ0v) is 13.2. The Morgan fingerprint density at radius 3 is 2.83 bits per heavy atom. The summed E-state index contributed by atoms with van der Waals surface area (Å²) in [5.41, 5.74) is 2.74. The van der Waals surface area contributed by atoms with Crippen molar-refractivity contribution in [2.75, 3.05) is 13.1 Å². The fraction of sp³-hybridized carbons (Fsp3) is 0.263. The number of nitrogens with one attached hydrogen (secondary N) is 1. The summed E-state index contributed by atoms with van der Waals surface area (Å²) >= 11 is 0. The molecule has 4 nitrogen and oxygen atoms in total. The second-order valence-corrected chi connectivity index (χ2v) is 6.24. The minimum absolute atomic E-state index is 0.0338. The Balaban J connectivity index is 1.49. The maximum Gasteiger partial charge on any atom is 0.255 e. The Hall–Kier alpha value is -2.69. The van der Waals surface area contributed by atoms with Crippen LogP contribution in [0, 0.1) is 5.82 Å². The lowest BCUT2D eigenvalue weighted by atomic mass is 9.89. The summed E-state index contributed by atoms with van der Waals surface area (Å²) in [6.07, 6.45) is 7.02. The van der Waals surface area contributed by atoms with Crippen molar-refractivity contribution in [2.45, 2.75) is 18.8 Å². The molecule has 1 saturated heterocycles. The van der Waals surface area contributed by atoms with Gasteiger partial charge in [-0.3, -0.25) is 9.78 Å². The summed E-state index contributed by atoms with van der Waals surface area (Å²) in [5.74, 6) is 0.164. The molecule has 1 fully saturated rings. The summed E-state index contributed by atoms with van der Waals surface area (Å²) in [6, 6.07) is 8.41. The normalized spacial score (nSPS) is 15.8. The first-order valence-electron chi connectivity index (χ1n) is 8.18. The molecule has 0 unspecified atom stereocenters. The van der Waals surface area contributed by atoms with E-state index in [1.807, 2.05) is 11.1 Å². The van der Waals surface area contributed by atoms with Gasteiger partial charge in [-0.15, -0.1) is 0 Å². The van der Waals surface area contributed by atoms with Crippen LogP contribution < -0.4 is 0 Å². The molecule has 1 aliphatic rings. The molecule has 0 bridgehead atoms. The van der Waals surface area contributed by atoms with E-state index < -0.39 is 0 Å². The molecular weight excluding hydrogens is 305 g/mol. The lowest BCUT2D eigenvalue weighted by Gasteiger charge is -2.32. The highest BCUT2D eigenvalue weighted by molar-refractivity contribution is 5.94. The number of aromatic nitrogens is 2. The number of carbonyl (C=O) groups is 1. The van der Waals surface area contributed by atoms with E-state index in [-0.39, 0.29) is 11.7 Å². The number of aromatic amines is 1. The van der Waals surface area contributed by atoms with Gasteiger partial charge in [0.05, 0.1) is 5.56 Å². The minimum Gasteiger partial charge on any atom is -0.361 e.